The molecule has 5 heteroatoms. The predicted molar refractivity (Wildman–Crippen MR) is 113 cm³/mol. The molecule has 4 aromatic carbocycles. The zero-order valence-electron chi connectivity index (χ0n) is 14.1. The fourth-order valence-corrected chi connectivity index (χ4v) is 3.34. The molecule has 4 rings (SSSR count). The smallest absolute Gasteiger partial charge is 0.267 e. The van der Waals surface area contributed by atoms with Gasteiger partial charge in [-0.1, -0.05) is 71.7 Å². The number of carbonyl (C=O) groups excluding carboxylic acids is 1. The Labute approximate surface area is 166 Å². The first-order valence-corrected chi connectivity index (χ1v) is 9.08. The average Bonchev–Trinajstić information content (AvgIpc) is 2.69. The molecule has 0 spiro atoms. The third kappa shape index (κ3) is 3.52. The van der Waals surface area contributed by atoms with Crippen molar-refractivity contribution in [2.45, 2.75) is 0 Å². The second-order valence-corrected chi connectivity index (χ2v) is 6.87. The molecule has 3 nitrogen and oxygen atoms in total. The van der Waals surface area contributed by atoms with Gasteiger partial charge in [0.15, 0.2) is 0 Å². The van der Waals surface area contributed by atoms with Gasteiger partial charge in [-0.2, -0.15) is 5.10 Å². The molecule has 0 aliphatic rings. The number of rotatable bonds is 3. The highest BCUT2D eigenvalue weighted by molar-refractivity contribution is 6.42. The molecule has 27 heavy (non-hydrogen) atoms. The van der Waals surface area contributed by atoms with Crippen molar-refractivity contribution in [3.8, 4) is 0 Å². The highest BCUT2D eigenvalue weighted by Gasteiger charge is 2.08. The molecule has 0 aromatic heterocycles. The summed E-state index contributed by atoms with van der Waals surface area (Å²) in [6, 6.07) is 23.1. The van der Waals surface area contributed by atoms with Gasteiger partial charge in [0.05, 0.1) is 16.3 Å². The number of nitrogens with zero attached hydrogens (tertiary/aromatic N) is 1. The summed E-state index contributed by atoms with van der Waals surface area (Å²) in [6.45, 7) is 0. The van der Waals surface area contributed by atoms with Gasteiger partial charge in [-0.25, -0.2) is 5.43 Å². The van der Waals surface area contributed by atoms with E-state index in [0.717, 1.165) is 27.1 Å². The summed E-state index contributed by atoms with van der Waals surface area (Å²) in [5.41, 5.74) is 3.90. The number of hydrogen-bond acceptors (Lipinski definition) is 2. The van der Waals surface area contributed by atoms with Crippen molar-refractivity contribution in [3.63, 3.8) is 0 Å². The van der Waals surface area contributed by atoms with E-state index in [1.54, 1.807) is 18.3 Å². The molecule has 4 aromatic rings. The van der Waals surface area contributed by atoms with E-state index in [1.807, 2.05) is 36.4 Å². The Kier molecular flexibility index (Phi) is 4.80. The molecule has 1 N–H and O–H groups in total. The van der Waals surface area contributed by atoms with Crippen molar-refractivity contribution in [1.82, 2.24) is 5.43 Å². The second kappa shape index (κ2) is 7.39. The predicted octanol–water partition coefficient (Wildman–Crippen LogP) is 6.06. The maximum absolute atomic E-state index is 12.3. The third-order valence-electron chi connectivity index (χ3n) is 4.35. The summed E-state index contributed by atoms with van der Waals surface area (Å²) in [4.78, 5) is 12.3. The largest absolute Gasteiger partial charge is 0.271 e. The van der Waals surface area contributed by atoms with Gasteiger partial charge in [0.25, 0.3) is 5.91 Å². The highest BCUT2D eigenvalue weighted by atomic mass is 35.5. The lowest BCUT2D eigenvalue weighted by Gasteiger charge is -2.08. The summed E-state index contributed by atoms with van der Waals surface area (Å²) in [5.74, 6) is -0.352. The van der Waals surface area contributed by atoms with Crippen molar-refractivity contribution < 1.29 is 4.79 Å². The van der Waals surface area contributed by atoms with Crippen LogP contribution in [0.3, 0.4) is 0 Å². The molecule has 0 radical (unpaired) electrons. The number of nitrogens with one attached hydrogen (secondary N) is 1. The lowest BCUT2D eigenvalue weighted by atomic mass is 9.97. The zero-order chi connectivity index (χ0) is 18.8. The van der Waals surface area contributed by atoms with E-state index in [9.17, 15) is 4.79 Å². The molecule has 0 saturated carbocycles. The van der Waals surface area contributed by atoms with Crippen LogP contribution < -0.4 is 5.43 Å². The summed E-state index contributed by atoms with van der Waals surface area (Å²) >= 11 is 11.9. The number of halogens is 2. The van der Waals surface area contributed by atoms with Crippen LogP contribution in [0, 0.1) is 0 Å². The number of carbonyl (C=O) groups is 1. The molecule has 1 amide bonds. The monoisotopic (exact) mass is 392 g/mol. The summed E-state index contributed by atoms with van der Waals surface area (Å²) < 4.78 is 0. The quantitative estimate of drug-likeness (QED) is 0.256. The van der Waals surface area contributed by atoms with E-state index < -0.39 is 0 Å². The van der Waals surface area contributed by atoms with E-state index in [-0.39, 0.29) is 5.91 Å². The highest BCUT2D eigenvalue weighted by Crippen LogP contribution is 2.27. The average molecular weight is 393 g/mol. The minimum Gasteiger partial charge on any atom is -0.267 e. The minimum absolute atomic E-state index is 0.327. The van der Waals surface area contributed by atoms with Crippen LogP contribution in [0.5, 0.6) is 0 Å². The van der Waals surface area contributed by atoms with E-state index in [4.69, 9.17) is 23.2 Å². The first-order chi connectivity index (χ1) is 13.1. The van der Waals surface area contributed by atoms with Crippen molar-refractivity contribution in [2.75, 3.05) is 0 Å². The van der Waals surface area contributed by atoms with E-state index in [1.165, 1.54) is 6.07 Å². The molecule has 0 bridgehead atoms. The van der Waals surface area contributed by atoms with Crippen LogP contribution in [0.1, 0.15) is 15.9 Å². The standard InChI is InChI=1S/C22H14Cl2N2O/c23-20-10-9-16(12-21(20)24)22(27)26-25-13-19-17-7-3-1-5-14(17)11-15-6-2-4-8-18(15)19/h1-13H,(H,26,27)/b25-13+. The molecule has 0 aliphatic carbocycles. The van der Waals surface area contributed by atoms with Crippen LogP contribution in [0.2, 0.25) is 10.0 Å². The van der Waals surface area contributed by atoms with Crippen molar-refractivity contribution in [1.29, 1.82) is 0 Å². The van der Waals surface area contributed by atoms with Gasteiger partial charge in [-0.05, 0) is 45.8 Å². The Hall–Kier alpha value is -2.88. The first kappa shape index (κ1) is 17.5. The fourth-order valence-electron chi connectivity index (χ4n) is 3.05. The molecule has 0 heterocycles. The molecule has 0 aliphatic heterocycles. The summed E-state index contributed by atoms with van der Waals surface area (Å²) in [5, 5.41) is 9.28. The minimum atomic E-state index is -0.352. The van der Waals surface area contributed by atoms with Crippen LogP contribution in [-0.4, -0.2) is 12.1 Å². The number of fused-ring (bicyclic) bond motifs is 2. The number of benzene rings is 4. The molecule has 0 saturated heterocycles. The normalized spacial score (nSPS) is 11.3. The number of amides is 1. The molecular weight excluding hydrogens is 379 g/mol. The van der Waals surface area contributed by atoms with Crippen LogP contribution in [-0.2, 0) is 0 Å². The van der Waals surface area contributed by atoms with E-state index >= 15 is 0 Å². The van der Waals surface area contributed by atoms with Crippen LogP contribution >= 0.6 is 23.2 Å². The van der Waals surface area contributed by atoms with Gasteiger partial charge in [-0.15, -0.1) is 0 Å². The van der Waals surface area contributed by atoms with Gasteiger partial charge in [-0.3, -0.25) is 4.79 Å². The van der Waals surface area contributed by atoms with Gasteiger partial charge in [0.2, 0.25) is 0 Å². The van der Waals surface area contributed by atoms with Gasteiger partial charge < -0.3 is 0 Å². The zero-order valence-corrected chi connectivity index (χ0v) is 15.6. The molecule has 0 unspecified atom stereocenters. The molecular formula is C22H14Cl2N2O. The lowest BCUT2D eigenvalue weighted by molar-refractivity contribution is 0.0955. The van der Waals surface area contributed by atoms with E-state index in [2.05, 4.69) is 28.7 Å². The Morgan fingerprint density at radius 2 is 1.44 bits per heavy atom. The van der Waals surface area contributed by atoms with Crippen molar-refractivity contribution in [2.24, 2.45) is 5.10 Å². The number of hydrazone groups is 1. The maximum Gasteiger partial charge on any atom is 0.271 e. The lowest BCUT2D eigenvalue weighted by Crippen LogP contribution is -2.17. The van der Waals surface area contributed by atoms with E-state index in [0.29, 0.717) is 15.6 Å². The molecule has 132 valence electrons. The Bertz CT molecular complexity index is 1150. The van der Waals surface area contributed by atoms with Crippen LogP contribution in [0.4, 0.5) is 0 Å². The summed E-state index contributed by atoms with van der Waals surface area (Å²) in [6.07, 6.45) is 1.68. The fraction of sp³-hybridized carbons (Fsp3) is 0. The topological polar surface area (TPSA) is 41.5 Å². The Morgan fingerprint density at radius 3 is 2.07 bits per heavy atom. The van der Waals surface area contributed by atoms with Gasteiger partial charge in [0.1, 0.15) is 0 Å². The summed E-state index contributed by atoms with van der Waals surface area (Å²) in [7, 11) is 0. The van der Waals surface area contributed by atoms with Crippen LogP contribution in [0.25, 0.3) is 21.5 Å². The second-order valence-electron chi connectivity index (χ2n) is 6.06. The van der Waals surface area contributed by atoms with Crippen molar-refractivity contribution in [3.05, 3.63) is 94.0 Å². The molecule has 0 fully saturated rings. The first-order valence-electron chi connectivity index (χ1n) is 8.32. The van der Waals surface area contributed by atoms with Gasteiger partial charge >= 0.3 is 0 Å². The van der Waals surface area contributed by atoms with Crippen LogP contribution in [0.15, 0.2) is 77.9 Å². The number of hydrogen-bond donors (Lipinski definition) is 1. The third-order valence-corrected chi connectivity index (χ3v) is 5.09. The Balaban J connectivity index is 1.69. The van der Waals surface area contributed by atoms with Gasteiger partial charge in [0, 0.05) is 11.1 Å². The Morgan fingerprint density at radius 1 is 0.815 bits per heavy atom. The maximum atomic E-state index is 12.3. The van der Waals surface area contributed by atoms with Crippen molar-refractivity contribution >= 4 is 56.9 Å². The molecule has 0 atom stereocenters. The SMILES string of the molecule is O=C(N/N=C/c1c2ccccc2cc2ccccc12)c1ccc(Cl)c(Cl)c1.